The minimum atomic E-state index is -4.41. The maximum absolute atomic E-state index is 13.0. The summed E-state index contributed by atoms with van der Waals surface area (Å²) in [6, 6.07) is 10.5. The van der Waals surface area contributed by atoms with Crippen LogP contribution in [0.2, 0.25) is 0 Å². The maximum atomic E-state index is 13.0. The molecular formula is C22H17F3N4O2S. The molecule has 0 saturated carbocycles. The smallest absolute Gasteiger partial charge is 0.416 e. The quantitative estimate of drug-likeness (QED) is 0.453. The minimum Gasteiger partial charge on any atom is -0.497 e. The molecule has 0 aliphatic carbocycles. The molecule has 4 aromatic rings. The number of nitrogens with one attached hydrogen (secondary N) is 1. The number of nitrogens with zero attached hydrogens (tertiary/aromatic N) is 3. The van der Waals surface area contributed by atoms with Crippen LogP contribution in [-0.4, -0.2) is 27.8 Å². The van der Waals surface area contributed by atoms with E-state index in [1.54, 1.807) is 11.8 Å². The molecule has 0 bridgehead atoms. The van der Waals surface area contributed by atoms with Crippen LogP contribution in [0.3, 0.4) is 0 Å². The lowest BCUT2D eigenvalue weighted by Gasteiger charge is -2.24. The number of hydrogen-bond donors (Lipinski definition) is 1. The van der Waals surface area contributed by atoms with E-state index in [1.807, 2.05) is 25.1 Å². The molecule has 2 aromatic carbocycles. The number of rotatable bonds is 3. The van der Waals surface area contributed by atoms with Gasteiger partial charge in [-0.25, -0.2) is 4.98 Å². The summed E-state index contributed by atoms with van der Waals surface area (Å²) in [5.41, 5.74) is 2.14. The molecule has 1 aliphatic rings. The summed E-state index contributed by atoms with van der Waals surface area (Å²) in [5.74, 6) is 0.576. The van der Waals surface area contributed by atoms with Crippen molar-refractivity contribution in [2.75, 3.05) is 12.4 Å². The van der Waals surface area contributed by atoms with Gasteiger partial charge in [-0.15, -0.1) is 0 Å². The Bertz CT molecular complexity index is 1340. The van der Waals surface area contributed by atoms with E-state index in [2.05, 4.69) is 15.4 Å². The van der Waals surface area contributed by atoms with Crippen LogP contribution >= 0.6 is 11.3 Å². The van der Waals surface area contributed by atoms with E-state index >= 15 is 0 Å². The molecule has 1 atom stereocenters. The highest BCUT2D eigenvalue weighted by Crippen LogP contribution is 2.42. The number of aryl methyl sites for hydroxylation is 1. The molecule has 1 aliphatic heterocycles. The SMILES string of the molecule is COc1ccc2nc(-n3nc(C)c4c3NC(=O)C[C@H]4c3ccc(C(F)(F)F)cc3)sc2c1. The summed E-state index contributed by atoms with van der Waals surface area (Å²) >= 11 is 1.40. The third-order valence-corrected chi connectivity index (χ3v) is 6.50. The van der Waals surface area contributed by atoms with Gasteiger partial charge in [0.1, 0.15) is 11.6 Å². The Morgan fingerprint density at radius 3 is 2.62 bits per heavy atom. The minimum absolute atomic E-state index is 0.127. The van der Waals surface area contributed by atoms with Gasteiger partial charge in [0.2, 0.25) is 11.0 Å². The summed E-state index contributed by atoms with van der Waals surface area (Å²) < 4.78 is 46.7. The summed E-state index contributed by atoms with van der Waals surface area (Å²) in [6.45, 7) is 1.82. The predicted molar refractivity (Wildman–Crippen MR) is 115 cm³/mol. The van der Waals surface area contributed by atoms with Gasteiger partial charge in [0.15, 0.2) is 0 Å². The molecule has 0 saturated heterocycles. The molecule has 5 rings (SSSR count). The second-order valence-corrected chi connectivity index (χ2v) is 8.52. The Kier molecular flexibility index (Phi) is 4.70. The van der Waals surface area contributed by atoms with Crippen molar-refractivity contribution in [2.45, 2.75) is 25.4 Å². The van der Waals surface area contributed by atoms with Gasteiger partial charge >= 0.3 is 6.18 Å². The van der Waals surface area contributed by atoms with Gasteiger partial charge in [0, 0.05) is 17.9 Å². The molecule has 0 radical (unpaired) electrons. The number of carbonyl (C=O) groups is 1. The fourth-order valence-corrected chi connectivity index (χ4v) is 4.94. The third-order valence-electron chi connectivity index (χ3n) is 5.51. The summed E-state index contributed by atoms with van der Waals surface area (Å²) in [4.78, 5) is 17.1. The van der Waals surface area contributed by atoms with Crippen LogP contribution in [0, 0.1) is 6.92 Å². The van der Waals surface area contributed by atoms with Crippen molar-refractivity contribution >= 4 is 33.3 Å². The number of alkyl halides is 3. The van der Waals surface area contributed by atoms with Crippen molar-refractivity contribution < 1.29 is 22.7 Å². The summed E-state index contributed by atoms with van der Waals surface area (Å²) in [6.07, 6.45) is -4.29. The van der Waals surface area contributed by atoms with Gasteiger partial charge in [0.25, 0.3) is 0 Å². The number of fused-ring (bicyclic) bond motifs is 2. The lowest BCUT2D eigenvalue weighted by molar-refractivity contribution is -0.137. The van der Waals surface area contributed by atoms with Crippen molar-refractivity contribution in [3.05, 3.63) is 64.8 Å². The van der Waals surface area contributed by atoms with Crippen LogP contribution in [0.15, 0.2) is 42.5 Å². The van der Waals surface area contributed by atoms with Gasteiger partial charge in [-0.2, -0.15) is 23.0 Å². The number of benzene rings is 2. The number of hydrogen-bond acceptors (Lipinski definition) is 5. The van der Waals surface area contributed by atoms with Crippen LogP contribution < -0.4 is 10.1 Å². The zero-order valence-electron chi connectivity index (χ0n) is 17.0. The Morgan fingerprint density at radius 2 is 1.94 bits per heavy atom. The number of anilines is 1. The Labute approximate surface area is 184 Å². The Morgan fingerprint density at radius 1 is 1.19 bits per heavy atom. The molecule has 0 fully saturated rings. The maximum Gasteiger partial charge on any atom is 0.416 e. The molecule has 0 unspecified atom stereocenters. The first-order valence-electron chi connectivity index (χ1n) is 9.76. The first kappa shape index (κ1) is 20.5. The molecule has 1 amide bonds. The van der Waals surface area contributed by atoms with E-state index in [0.29, 0.717) is 28.0 Å². The molecule has 0 spiro atoms. The molecular weight excluding hydrogens is 441 g/mol. The zero-order valence-corrected chi connectivity index (χ0v) is 17.8. The van der Waals surface area contributed by atoms with E-state index in [0.717, 1.165) is 27.9 Å². The van der Waals surface area contributed by atoms with Gasteiger partial charge in [0.05, 0.1) is 28.6 Å². The average Bonchev–Trinajstić information content (AvgIpc) is 3.32. The van der Waals surface area contributed by atoms with Crippen LogP contribution in [0.1, 0.15) is 34.7 Å². The van der Waals surface area contributed by atoms with E-state index < -0.39 is 17.7 Å². The third kappa shape index (κ3) is 3.40. The molecule has 10 heteroatoms. The fraction of sp³-hybridized carbons (Fsp3) is 0.227. The number of carbonyl (C=O) groups excluding carboxylic acids is 1. The second kappa shape index (κ2) is 7.33. The molecule has 2 aromatic heterocycles. The topological polar surface area (TPSA) is 69.0 Å². The Hall–Kier alpha value is -3.40. The fourth-order valence-electron chi connectivity index (χ4n) is 3.99. The normalized spacial score (nSPS) is 16.2. The summed E-state index contributed by atoms with van der Waals surface area (Å²) in [5, 5.41) is 8.05. The van der Waals surface area contributed by atoms with Gasteiger partial charge in [-0.1, -0.05) is 23.5 Å². The van der Waals surface area contributed by atoms with Crippen molar-refractivity contribution in [1.29, 1.82) is 0 Å². The van der Waals surface area contributed by atoms with Crippen molar-refractivity contribution in [3.63, 3.8) is 0 Å². The monoisotopic (exact) mass is 458 g/mol. The number of methoxy groups -OCH3 is 1. The van der Waals surface area contributed by atoms with Crippen molar-refractivity contribution in [3.8, 4) is 10.9 Å². The van der Waals surface area contributed by atoms with Gasteiger partial charge in [-0.05, 0) is 42.8 Å². The highest BCUT2D eigenvalue weighted by molar-refractivity contribution is 7.20. The number of ether oxygens (including phenoxy) is 1. The molecule has 3 heterocycles. The van der Waals surface area contributed by atoms with Gasteiger partial charge in [-0.3, -0.25) is 4.79 Å². The van der Waals surface area contributed by atoms with E-state index in [4.69, 9.17) is 4.74 Å². The van der Waals surface area contributed by atoms with E-state index in [1.165, 1.54) is 23.5 Å². The van der Waals surface area contributed by atoms with E-state index in [-0.39, 0.29) is 12.3 Å². The standard InChI is InChI=1S/C22H17F3N4O2S/c1-11-19-15(12-3-5-13(6-4-12)22(23,24)25)10-18(30)27-20(19)29(28-11)21-26-16-8-7-14(31-2)9-17(16)32-21/h3-9,15H,10H2,1-2H3,(H,27,30)/t15-/m0/s1. The number of amides is 1. The van der Waals surface area contributed by atoms with Gasteiger partial charge < -0.3 is 10.1 Å². The average molecular weight is 458 g/mol. The Balaban J connectivity index is 1.59. The lowest BCUT2D eigenvalue weighted by Crippen LogP contribution is -2.25. The highest BCUT2D eigenvalue weighted by atomic mass is 32.1. The molecule has 164 valence electrons. The van der Waals surface area contributed by atoms with Crippen LogP contribution in [0.5, 0.6) is 5.75 Å². The van der Waals surface area contributed by atoms with E-state index in [9.17, 15) is 18.0 Å². The molecule has 6 nitrogen and oxygen atoms in total. The molecule has 1 N–H and O–H groups in total. The van der Waals surface area contributed by atoms with Crippen LogP contribution in [-0.2, 0) is 11.0 Å². The predicted octanol–water partition coefficient (Wildman–Crippen LogP) is 5.29. The second-order valence-electron chi connectivity index (χ2n) is 7.51. The lowest BCUT2D eigenvalue weighted by atomic mass is 9.85. The van der Waals surface area contributed by atoms with Crippen molar-refractivity contribution in [2.24, 2.45) is 0 Å². The zero-order chi connectivity index (χ0) is 22.6. The largest absolute Gasteiger partial charge is 0.497 e. The van der Waals surface area contributed by atoms with Crippen molar-refractivity contribution in [1.82, 2.24) is 14.8 Å². The first-order valence-corrected chi connectivity index (χ1v) is 10.6. The first-order chi connectivity index (χ1) is 15.2. The summed E-state index contributed by atoms with van der Waals surface area (Å²) in [7, 11) is 1.59. The number of halogens is 3. The highest BCUT2D eigenvalue weighted by Gasteiger charge is 2.35. The number of aromatic nitrogens is 3. The number of thiazole rings is 1. The molecule has 32 heavy (non-hydrogen) atoms. The van der Waals surface area contributed by atoms with Crippen LogP contribution in [0.25, 0.3) is 15.3 Å². The van der Waals surface area contributed by atoms with Crippen LogP contribution in [0.4, 0.5) is 19.0 Å².